The van der Waals surface area contributed by atoms with Gasteiger partial charge in [0.2, 0.25) is 0 Å². The van der Waals surface area contributed by atoms with Gasteiger partial charge in [-0.2, -0.15) is 5.26 Å². The first-order valence-corrected chi connectivity index (χ1v) is 7.03. The van der Waals surface area contributed by atoms with Gasteiger partial charge in [-0.1, -0.05) is 39.3 Å². The molecule has 0 unspecified atom stereocenters. The summed E-state index contributed by atoms with van der Waals surface area (Å²) in [6.45, 7) is 7.58. The summed E-state index contributed by atoms with van der Waals surface area (Å²) in [5, 5.41) is 12.2. The highest BCUT2D eigenvalue weighted by Gasteiger charge is 2.29. The largest absolute Gasteiger partial charge is 0.332 e. The summed E-state index contributed by atoms with van der Waals surface area (Å²) in [4.78, 5) is 20.6. The molecule has 1 aromatic heterocycles. The molecule has 0 aliphatic heterocycles. The third-order valence-corrected chi connectivity index (χ3v) is 3.54. The summed E-state index contributed by atoms with van der Waals surface area (Å²) in [7, 11) is 0. The predicted molar refractivity (Wildman–Crippen MR) is 77.5 cm³/mol. The summed E-state index contributed by atoms with van der Waals surface area (Å²) in [6.07, 6.45) is 2.46. The first kappa shape index (κ1) is 16.4. The summed E-state index contributed by atoms with van der Waals surface area (Å²) in [5.74, 6) is 0.205. The highest BCUT2D eigenvalue weighted by Crippen LogP contribution is 2.19. The Morgan fingerprint density at radius 3 is 2.55 bits per heavy atom. The van der Waals surface area contributed by atoms with E-state index < -0.39 is 11.4 Å². The van der Waals surface area contributed by atoms with Crippen molar-refractivity contribution >= 4 is 17.5 Å². The molecule has 0 bridgehead atoms. The second kappa shape index (κ2) is 6.67. The second-order valence-electron chi connectivity index (χ2n) is 4.93. The van der Waals surface area contributed by atoms with Crippen LogP contribution in [0.25, 0.3) is 0 Å². The molecule has 0 radical (unpaired) electrons. The molecule has 0 aliphatic carbocycles. The van der Waals surface area contributed by atoms with Crippen LogP contribution in [0.15, 0.2) is 6.20 Å². The third kappa shape index (κ3) is 3.45. The molecule has 108 valence electrons. The van der Waals surface area contributed by atoms with Crippen molar-refractivity contribution in [2.45, 2.75) is 52.0 Å². The number of carbonyl (C=O) groups excluding carboxylic acids is 1. The number of carbonyl (C=O) groups is 1. The molecule has 1 aromatic rings. The maximum atomic E-state index is 12.3. The molecular formula is C14H19ClN4O. The van der Waals surface area contributed by atoms with E-state index in [4.69, 9.17) is 11.6 Å². The zero-order valence-corrected chi connectivity index (χ0v) is 13.0. The van der Waals surface area contributed by atoms with Gasteiger partial charge in [0.05, 0.1) is 17.3 Å². The van der Waals surface area contributed by atoms with Gasteiger partial charge in [0.15, 0.2) is 5.69 Å². The lowest BCUT2D eigenvalue weighted by Gasteiger charge is -2.24. The Morgan fingerprint density at radius 1 is 1.50 bits per heavy atom. The van der Waals surface area contributed by atoms with Gasteiger partial charge in [-0.25, -0.2) is 9.97 Å². The van der Waals surface area contributed by atoms with E-state index in [-0.39, 0.29) is 16.6 Å². The van der Waals surface area contributed by atoms with Gasteiger partial charge < -0.3 is 5.32 Å². The SMILES string of the molecule is CCC(C#N)(CC)NC(=O)c1nc(C(C)C)ncc1Cl. The molecule has 1 amide bonds. The lowest BCUT2D eigenvalue weighted by Crippen LogP contribution is -2.46. The average Bonchev–Trinajstić information content (AvgIpc) is 2.45. The van der Waals surface area contributed by atoms with Crippen molar-refractivity contribution in [3.05, 3.63) is 22.7 Å². The molecule has 1 heterocycles. The van der Waals surface area contributed by atoms with E-state index in [1.165, 1.54) is 6.20 Å². The van der Waals surface area contributed by atoms with Crippen molar-refractivity contribution in [1.82, 2.24) is 15.3 Å². The number of nitrogens with one attached hydrogen (secondary N) is 1. The molecule has 0 fully saturated rings. The molecule has 0 aliphatic rings. The topological polar surface area (TPSA) is 78.7 Å². The number of nitrogens with zero attached hydrogens (tertiary/aromatic N) is 3. The van der Waals surface area contributed by atoms with E-state index in [9.17, 15) is 10.1 Å². The van der Waals surface area contributed by atoms with Crippen molar-refractivity contribution in [3.63, 3.8) is 0 Å². The number of aromatic nitrogens is 2. The summed E-state index contributed by atoms with van der Waals surface area (Å²) in [5.41, 5.74) is -0.768. The summed E-state index contributed by atoms with van der Waals surface area (Å²) in [6, 6.07) is 2.15. The molecule has 0 atom stereocenters. The van der Waals surface area contributed by atoms with Crippen molar-refractivity contribution in [1.29, 1.82) is 5.26 Å². The van der Waals surface area contributed by atoms with Crippen LogP contribution in [0.5, 0.6) is 0 Å². The zero-order valence-electron chi connectivity index (χ0n) is 12.2. The van der Waals surface area contributed by atoms with Crippen molar-refractivity contribution < 1.29 is 4.79 Å². The second-order valence-corrected chi connectivity index (χ2v) is 5.34. The van der Waals surface area contributed by atoms with Crippen LogP contribution in [0.4, 0.5) is 0 Å². The fraction of sp³-hybridized carbons (Fsp3) is 0.571. The maximum Gasteiger partial charge on any atom is 0.272 e. The van der Waals surface area contributed by atoms with E-state index in [1.807, 2.05) is 27.7 Å². The van der Waals surface area contributed by atoms with Crippen molar-refractivity contribution in [2.24, 2.45) is 0 Å². The van der Waals surface area contributed by atoms with Crippen LogP contribution in [0.2, 0.25) is 5.02 Å². The Bertz CT molecular complexity index is 532. The smallest absolute Gasteiger partial charge is 0.272 e. The van der Waals surface area contributed by atoms with Gasteiger partial charge in [-0.15, -0.1) is 0 Å². The van der Waals surface area contributed by atoms with Gasteiger partial charge >= 0.3 is 0 Å². The van der Waals surface area contributed by atoms with Crippen molar-refractivity contribution in [3.8, 4) is 6.07 Å². The third-order valence-electron chi connectivity index (χ3n) is 3.27. The van der Waals surface area contributed by atoms with E-state index >= 15 is 0 Å². The van der Waals surface area contributed by atoms with Crippen LogP contribution < -0.4 is 5.32 Å². The van der Waals surface area contributed by atoms with Crippen LogP contribution in [0.3, 0.4) is 0 Å². The van der Waals surface area contributed by atoms with E-state index in [2.05, 4.69) is 21.4 Å². The first-order chi connectivity index (χ1) is 9.39. The number of hydrogen-bond acceptors (Lipinski definition) is 4. The minimum atomic E-state index is -0.886. The fourth-order valence-corrected chi connectivity index (χ4v) is 1.88. The Hall–Kier alpha value is -1.67. The van der Waals surface area contributed by atoms with Gasteiger partial charge in [-0.3, -0.25) is 4.79 Å². The van der Waals surface area contributed by atoms with Crippen LogP contribution in [0.1, 0.15) is 62.8 Å². The molecule has 20 heavy (non-hydrogen) atoms. The molecule has 5 nitrogen and oxygen atoms in total. The van der Waals surface area contributed by atoms with Crippen LogP contribution in [-0.4, -0.2) is 21.4 Å². The number of rotatable bonds is 5. The van der Waals surface area contributed by atoms with E-state index in [1.54, 1.807) is 0 Å². The predicted octanol–water partition coefficient (Wildman–Crippen LogP) is 3.07. The molecular weight excluding hydrogens is 276 g/mol. The fourth-order valence-electron chi connectivity index (χ4n) is 1.71. The molecule has 1 rings (SSSR count). The summed E-state index contributed by atoms with van der Waals surface area (Å²) >= 11 is 5.99. The Morgan fingerprint density at radius 2 is 2.10 bits per heavy atom. The van der Waals surface area contributed by atoms with Crippen molar-refractivity contribution in [2.75, 3.05) is 0 Å². The van der Waals surface area contributed by atoms with Gasteiger partial charge in [-0.05, 0) is 12.8 Å². The van der Waals surface area contributed by atoms with Gasteiger partial charge in [0.1, 0.15) is 11.4 Å². The molecule has 1 N–H and O–H groups in total. The zero-order chi connectivity index (χ0) is 15.3. The molecule has 6 heteroatoms. The van der Waals surface area contributed by atoms with Gasteiger partial charge in [0, 0.05) is 5.92 Å². The first-order valence-electron chi connectivity index (χ1n) is 6.65. The number of nitriles is 1. The maximum absolute atomic E-state index is 12.3. The number of amides is 1. The molecule has 0 saturated carbocycles. The van der Waals surface area contributed by atoms with Crippen LogP contribution >= 0.6 is 11.6 Å². The standard InChI is InChI=1S/C14H19ClN4O/c1-5-14(6-2,8-16)19-13(20)11-10(15)7-17-12(18-11)9(3)4/h7,9H,5-6H2,1-4H3,(H,19,20). The molecule has 0 spiro atoms. The number of halogens is 1. The van der Waals surface area contributed by atoms with Crippen LogP contribution in [-0.2, 0) is 0 Å². The minimum absolute atomic E-state index is 0.0943. The lowest BCUT2D eigenvalue weighted by atomic mass is 9.94. The molecule has 0 saturated heterocycles. The van der Waals surface area contributed by atoms with Crippen LogP contribution in [0, 0.1) is 11.3 Å². The summed E-state index contributed by atoms with van der Waals surface area (Å²) < 4.78 is 0. The molecule has 0 aromatic carbocycles. The van der Waals surface area contributed by atoms with E-state index in [0.29, 0.717) is 18.7 Å². The average molecular weight is 295 g/mol. The Labute approximate surface area is 124 Å². The highest BCUT2D eigenvalue weighted by atomic mass is 35.5. The monoisotopic (exact) mass is 294 g/mol. The lowest BCUT2D eigenvalue weighted by molar-refractivity contribution is 0.0910. The highest BCUT2D eigenvalue weighted by molar-refractivity contribution is 6.33. The Kier molecular flexibility index (Phi) is 5.46. The normalized spacial score (nSPS) is 11.2. The number of hydrogen-bond donors (Lipinski definition) is 1. The quantitative estimate of drug-likeness (QED) is 0.905. The minimum Gasteiger partial charge on any atom is -0.332 e. The Balaban J connectivity index is 3.09. The van der Waals surface area contributed by atoms with E-state index in [0.717, 1.165) is 0 Å². The van der Waals surface area contributed by atoms with Gasteiger partial charge in [0.25, 0.3) is 5.91 Å².